The van der Waals surface area contributed by atoms with Gasteiger partial charge in [-0.15, -0.1) is 0 Å². The van der Waals surface area contributed by atoms with Crippen molar-refractivity contribution in [2.45, 2.75) is 51.0 Å². The Labute approximate surface area is 142 Å². The molecule has 0 saturated heterocycles. The van der Waals surface area contributed by atoms with Gasteiger partial charge in [0.25, 0.3) is 0 Å². The molecule has 4 aliphatic carbocycles. The molecule has 24 heavy (non-hydrogen) atoms. The van der Waals surface area contributed by atoms with Gasteiger partial charge in [-0.2, -0.15) is 0 Å². The Morgan fingerprint density at radius 2 is 1.38 bits per heavy atom. The van der Waals surface area contributed by atoms with Gasteiger partial charge >= 0.3 is 6.09 Å². The molecule has 0 unspecified atom stereocenters. The predicted octanol–water partition coefficient (Wildman–Crippen LogP) is 4.16. The normalized spacial score (nSPS) is 33.1. The van der Waals surface area contributed by atoms with Crippen molar-refractivity contribution < 1.29 is 14.3 Å². The van der Waals surface area contributed by atoms with E-state index in [9.17, 15) is 9.59 Å². The predicted molar refractivity (Wildman–Crippen MR) is 91.8 cm³/mol. The van der Waals surface area contributed by atoms with Gasteiger partial charge in [-0.1, -0.05) is 0 Å². The number of rotatable bonds is 3. The van der Waals surface area contributed by atoms with Gasteiger partial charge < -0.3 is 10.1 Å². The van der Waals surface area contributed by atoms with E-state index in [1.165, 1.54) is 26.2 Å². The SMILES string of the molecule is CC(=O)Nc1ccc(NC(=O)OC23CC4CC(CC(C4)C2)C3)cc1. The lowest BCUT2D eigenvalue weighted by molar-refractivity contribution is -0.124. The van der Waals surface area contributed by atoms with E-state index in [2.05, 4.69) is 10.6 Å². The fourth-order valence-electron chi connectivity index (χ4n) is 5.34. The maximum Gasteiger partial charge on any atom is 0.412 e. The molecule has 4 aliphatic rings. The molecule has 4 saturated carbocycles. The van der Waals surface area contributed by atoms with Crippen LogP contribution in [-0.2, 0) is 9.53 Å². The molecule has 0 atom stereocenters. The fourth-order valence-corrected chi connectivity index (χ4v) is 5.34. The van der Waals surface area contributed by atoms with Crippen molar-refractivity contribution in [1.29, 1.82) is 0 Å². The first-order valence-corrected chi connectivity index (χ1v) is 8.87. The molecule has 0 aliphatic heterocycles. The Bertz CT molecular complexity index is 618. The third kappa shape index (κ3) is 3.12. The molecule has 1 aromatic carbocycles. The minimum atomic E-state index is -0.357. The van der Waals surface area contributed by atoms with E-state index in [1.54, 1.807) is 24.3 Å². The van der Waals surface area contributed by atoms with Gasteiger partial charge in [-0.25, -0.2) is 4.79 Å². The van der Waals surface area contributed by atoms with Gasteiger partial charge in [0.2, 0.25) is 5.91 Å². The first kappa shape index (κ1) is 15.5. The van der Waals surface area contributed by atoms with Crippen LogP contribution in [0.5, 0.6) is 0 Å². The molecule has 4 fully saturated rings. The second kappa shape index (κ2) is 5.80. The molecule has 0 heterocycles. The standard InChI is InChI=1S/C19H24N2O3/c1-12(22)20-16-2-4-17(5-3-16)21-18(23)24-19-9-13-6-14(10-19)8-15(7-13)11-19/h2-5,13-15H,6-11H2,1H3,(H,20,22)(H,21,23). The van der Waals surface area contributed by atoms with E-state index in [0.29, 0.717) is 11.4 Å². The Morgan fingerprint density at radius 1 is 0.917 bits per heavy atom. The van der Waals surface area contributed by atoms with Gasteiger partial charge in [0.05, 0.1) is 0 Å². The van der Waals surface area contributed by atoms with Crippen LogP contribution in [0.4, 0.5) is 16.2 Å². The highest BCUT2D eigenvalue weighted by Crippen LogP contribution is 2.57. The summed E-state index contributed by atoms with van der Waals surface area (Å²) in [7, 11) is 0. The lowest BCUT2D eigenvalue weighted by atomic mass is 9.54. The monoisotopic (exact) mass is 328 g/mol. The summed E-state index contributed by atoms with van der Waals surface area (Å²) in [6.45, 7) is 1.47. The minimum Gasteiger partial charge on any atom is -0.443 e. The van der Waals surface area contributed by atoms with Crippen LogP contribution < -0.4 is 10.6 Å². The summed E-state index contributed by atoms with van der Waals surface area (Å²) in [5, 5.41) is 5.53. The van der Waals surface area contributed by atoms with Crippen LogP contribution in [0.25, 0.3) is 0 Å². The van der Waals surface area contributed by atoms with Crippen LogP contribution in [0, 0.1) is 17.8 Å². The number of ether oxygens (including phenoxy) is 1. The number of nitrogens with one attached hydrogen (secondary N) is 2. The third-order valence-corrected chi connectivity index (χ3v) is 5.74. The van der Waals surface area contributed by atoms with Crippen molar-refractivity contribution in [3.05, 3.63) is 24.3 Å². The highest BCUT2D eigenvalue weighted by Gasteiger charge is 2.53. The summed E-state index contributed by atoms with van der Waals surface area (Å²) in [6.07, 6.45) is 6.73. The molecule has 5 heteroatoms. The van der Waals surface area contributed by atoms with E-state index in [0.717, 1.165) is 37.0 Å². The Kier molecular flexibility index (Phi) is 3.74. The smallest absolute Gasteiger partial charge is 0.412 e. The zero-order chi connectivity index (χ0) is 16.7. The first-order valence-electron chi connectivity index (χ1n) is 8.87. The molecule has 2 amide bonds. The number of benzene rings is 1. The number of carbonyl (C=O) groups excluding carboxylic acids is 2. The van der Waals surface area contributed by atoms with Crippen LogP contribution in [0.3, 0.4) is 0 Å². The molecule has 0 aromatic heterocycles. The average Bonchev–Trinajstić information content (AvgIpc) is 2.46. The quantitative estimate of drug-likeness (QED) is 0.875. The summed E-state index contributed by atoms with van der Waals surface area (Å²) >= 11 is 0. The van der Waals surface area contributed by atoms with Gasteiger partial charge in [0.1, 0.15) is 5.60 Å². The highest BCUT2D eigenvalue weighted by atomic mass is 16.6. The van der Waals surface area contributed by atoms with Crippen molar-refractivity contribution in [3.8, 4) is 0 Å². The van der Waals surface area contributed by atoms with E-state index in [4.69, 9.17) is 4.74 Å². The van der Waals surface area contributed by atoms with Crippen LogP contribution in [0.1, 0.15) is 45.4 Å². The van der Waals surface area contributed by atoms with Crippen molar-refractivity contribution >= 4 is 23.4 Å². The molecule has 5 rings (SSSR count). The Hall–Kier alpha value is -2.04. The van der Waals surface area contributed by atoms with E-state index in [1.807, 2.05) is 0 Å². The van der Waals surface area contributed by atoms with Gasteiger partial charge in [-0.05, 0) is 80.5 Å². The van der Waals surface area contributed by atoms with Crippen LogP contribution in [-0.4, -0.2) is 17.6 Å². The fraction of sp³-hybridized carbons (Fsp3) is 0.579. The lowest BCUT2D eigenvalue weighted by Gasteiger charge is -2.55. The zero-order valence-corrected chi connectivity index (χ0v) is 14.0. The number of hydrogen-bond donors (Lipinski definition) is 2. The topological polar surface area (TPSA) is 67.4 Å². The minimum absolute atomic E-state index is 0.114. The Balaban J connectivity index is 1.37. The molecule has 4 bridgehead atoms. The van der Waals surface area contributed by atoms with E-state index >= 15 is 0 Å². The molecule has 0 radical (unpaired) electrons. The molecular weight excluding hydrogens is 304 g/mol. The average molecular weight is 328 g/mol. The molecule has 0 spiro atoms. The van der Waals surface area contributed by atoms with E-state index in [-0.39, 0.29) is 17.6 Å². The second-order valence-electron chi connectivity index (χ2n) is 7.87. The maximum absolute atomic E-state index is 12.4. The first-order chi connectivity index (χ1) is 11.5. The summed E-state index contributed by atoms with van der Waals surface area (Å²) < 4.78 is 5.93. The van der Waals surface area contributed by atoms with Crippen LogP contribution >= 0.6 is 0 Å². The molecule has 5 nitrogen and oxygen atoms in total. The zero-order valence-electron chi connectivity index (χ0n) is 14.0. The van der Waals surface area contributed by atoms with Crippen LogP contribution in [0.2, 0.25) is 0 Å². The van der Waals surface area contributed by atoms with Crippen molar-refractivity contribution in [1.82, 2.24) is 0 Å². The number of hydrogen-bond acceptors (Lipinski definition) is 3. The molecule has 2 N–H and O–H groups in total. The van der Waals surface area contributed by atoms with Gasteiger partial charge in [-0.3, -0.25) is 10.1 Å². The lowest BCUT2D eigenvalue weighted by Crippen LogP contribution is -2.53. The van der Waals surface area contributed by atoms with Gasteiger partial charge in [0, 0.05) is 18.3 Å². The highest BCUT2D eigenvalue weighted by molar-refractivity contribution is 5.89. The summed E-state index contributed by atoms with van der Waals surface area (Å²) in [5.41, 5.74) is 1.16. The molecule has 128 valence electrons. The summed E-state index contributed by atoms with van der Waals surface area (Å²) in [6, 6.07) is 7.07. The third-order valence-electron chi connectivity index (χ3n) is 5.74. The van der Waals surface area contributed by atoms with Crippen molar-refractivity contribution in [3.63, 3.8) is 0 Å². The van der Waals surface area contributed by atoms with Crippen molar-refractivity contribution in [2.24, 2.45) is 17.8 Å². The van der Waals surface area contributed by atoms with Crippen molar-refractivity contribution in [2.75, 3.05) is 10.6 Å². The number of carbonyl (C=O) groups is 2. The van der Waals surface area contributed by atoms with E-state index < -0.39 is 0 Å². The van der Waals surface area contributed by atoms with Crippen LogP contribution in [0.15, 0.2) is 24.3 Å². The van der Waals surface area contributed by atoms with Gasteiger partial charge in [0.15, 0.2) is 0 Å². The molecular formula is C19H24N2O3. The Morgan fingerprint density at radius 3 is 1.83 bits per heavy atom. The number of anilines is 2. The summed E-state index contributed by atoms with van der Waals surface area (Å²) in [4.78, 5) is 23.4. The largest absolute Gasteiger partial charge is 0.443 e. The maximum atomic E-state index is 12.4. The number of amides is 2. The summed E-state index contributed by atoms with van der Waals surface area (Å²) in [5.74, 6) is 2.14. The second-order valence-corrected chi connectivity index (χ2v) is 7.87. The molecule has 1 aromatic rings.